The van der Waals surface area contributed by atoms with Gasteiger partial charge in [-0.05, 0) is 111 Å². The Balaban J connectivity index is 1.16. The molecule has 7 aromatic carbocycles. The third kappa shape index (κ3) is 4.47. The number of allylic oxidation sites excluding steroid dienone is 2. The van der Waals surface area contributed by atoms with Crippen LogP contribution in [0.3, 0.4) is 0 Å². The summed E-state index contributed by atoms with van der Waals surface area (Å²) in [6.07, 6.45) is 11.4. The van der Waals surface area contributed by atoms with E-state index >= 15 is 0 Å². The standard InChI is InChI=1S/C50H32N2OS/c1-2-12-29(13-3-1)46-49-47(39-20-10-11-21-45(39)54-49)52-50(51-46)43-27-33(26-42-41-25-30-14-4-5-15-31(30)28-44(41)53-48(42)43)32-22-23-38-36-18-7-6-16-34(36)35-17-8-9-19-37(35)40(38)24-32/h1-6,8-17,19-21,24-28H,7,18,22-23H2. The van der Waals surface area contributed by atoms with Crippen molar-refractivity contribution >= 4 is 92.8 Å². The molecule has 0 aliphatic heterocycles. The van der Waals surface area contributed by atoms with E-state index in [-0.39, 0.29) is 0 Å². The molecule has 12 rings (SSSR count). The SMILES string of the molecule is C1=Cc2c(c3c(c4ccccc24)C=C(c2cc(-c4nc(-c5ccccc5)c5sc6ccccc6c5n4)c4oc5cc6ccccc6cc5c4c2)CC3)CC1. The Morgan fingerprint density at radius 2 is 1.31 bits per heavy atom. The molecule has 0 spiro atoms. The maximum Gasteiger partial charge on any atom is 0.164 e. The summed E-state index contributed by atoms with van der Waals surface area (Å²) in [5, 5.41) is 8.40. The summed E-state index contributed by atoms with van der Waals surface area (Å²) in [5.41, 5.74) is 14.0. The molecule has 54 heavy (non-hydrogen) atoms. The first-order chi connectivity index (χ1) is 26.7. The van der Waals surface area contributed by atoms with Gasteiger partial charge in [-0.15, -0.1) is 11.3 Å². The van der Waals surface area contributed by atoms with Crippen molar-refractivity contribution in [2.45, 2.75) is 25.7 Å². The lowest BCUT2D eigenvalue weighted by atomic mass is 9.78. The van der Waals surface area contributed by atoms with Gasteiger partial charge in [0.2, 0.25) is 0 Å². The second-order valence-corrected chi connectivity index (χ2v) is 15.7. The molecule has 3 nitrogen and oxygen atoms in total. The Bertz CT molecular complexity index is 3270. The smallest absolute Gasteiger partial charge is 0.164 e. The van der Waals surface area contributed by atoms with E-state index in [0.717, 1.165) is 85.4 Å². The van der Waals surface area contributed by atoms with Crippen molar-refractivity contribution < 1.29 is 4.42 Å². The maximum absolute atomic E-state index is 6.89. The molecule has 0 radical (unpaired) electrons. The molecule has 10 aromatic rings. The van der Waals surface area contributed by atoms with Gasteiger partial charge in [0.1, 0.15) is 11.2 Å². The number of benzene rings is 7. The molecular weight excluding hydrogens is 677 g/mol. The normalized spacial score (nSPS) is 14.0. The van der Waals surface area contributed by atoms with Crippen LogP contribution in [0.1, 0.15) is 40.7 Å². The van der Waals surface area contributed by atoms with Gasteiger partial charge >= 0.3 is 0 Å². The minimum Gasteiger partial charge on any atom is -0.455 e. The van der Waals surface area contributed by atoms with Gasteiger partial charge in [-0.3, -0.25) is 0 Å². The third-order valence-electron chi connectivity index (χ3n) is 11.6. The zero-order valence-electron chi connectivity index (χ0n) is 29.4. The highest BCUT2D eigenvalue weighted by atomic mass is 32.1. The molecule has 0 saturated heterocycles. The molecule has 2 aliphatic carbocycles. The number of nitrogens with zero attached hydrogens (tertiary/aromatic N) is 2. The first-order valence-electron chi connectivity index (χ1n) is 18.8. The lowest BCUT2D eigenvalue weighted by molar-refractivity contribution is 0.670. The summed E-state index contributed by atoms with van der Waals surface area (Å²) in [7, 11) is 0. The first kappa shape index (κ1) is 30.1. The molecule has 3 heterocycles. The van der Waals surface area contributed by atoms with Gasteiger partial charge in [0, 0.05) is 26.4 Å². The molecule has 2 aliphatic rings. The number of furan rings is 1. The molecular formula is C50H32N2OS. The van der Waals surface area contributed by atoms with Gasteiger partial charge in [-0.25, -0.2) is 9.97 Å². The lowest BCUT2D eigenvalue weighted by Crippen LogP contribution is -2.08. The Morgan fingerprint density at radius 1 is 0.574 bits per heavy atom. The molecule has 0 fully saturated rings. The van der Waals surface area contributed by atoms with Crippen molar-refractivity contribution in [1.82, 2.24) is 9.97 Å². The van der Waals surface area contributed by atoms with Crippen LogP contribution in [0.2, 0.25) is 0 Å². The Kier molecular flexibility index (Phi) is 6.46. The summed E-state index contributed by atoms with van der Waals surface area (Å²) in [6.45, 7) is 0. The molecule has 0 amide bonds. The van der Waals surface area contributed by atoms with Gasteiger partial charge in [-0.1, -0.05) is 115 Å². The number of rotatable bonds is 3. The second kappa shape index (κ2) is 11.6. The highest BCUT2D eigenvalue weighted by Crippen LogP contribution is 2.46. The number of thiophene rings is 1. The number of fused-ring (bicyclic) bond motifs is 13. The van der Waals surface area contributed by atoms with Crippen LogP contribution in [0, 0.1) is 0 Å². The largest absolute Gasteiger partial charge is 0.455 e. The summed E-state index contributed by atoms with van der Waals surface area (Å²) >= 11 is 1.76. The van der Waals surface area contributed by atoms with Crippen LogP contribution in [0.5, 0.6) is 0 Å². The fourth-order valence-corrected chi connectivity index (χ4v) is 10.3. The monoisotopic (exact) mass is 708 g/mol. The predicted octanol–water partition coefficient (Wildman–Crippen LogP) is 13.8. The summed E-state index contributed by atoms with van der Waals surface area (Å²) in [5.74, 6) is 0.684. The zero-order valence-corrected chi connectivity index (χ0v) is 30.2. The van der Waals surface area contributed by atoms with E-state index in [1.165, 1.54) is 54.2 Å². The Morgan fingerprint density at radius 3 is 2.19 bits per heavy atom. The molecule has 254 valence electrons. The third-order valence-corrected chi connectivity index (χ3v) is 12.8. The van der Waals surface area contributed by atoms with Crippen LogP contribution in [-0.4, -0.2) is 9.97 Å². The van der Waals surface area contributed by atoms with Crippen LogP contribution >= 0.6 is 11.3 Å². The van der Waals surface area contributed by atoms with Crippen LogP contribution in [0.4, 0.5) is 0 Å². The highest BCUT2D eigenvalue weighted by molar-refractivity contribution is 7.26. The van der Waals surface area contributed by atoms with Gasteiger partial charge in [0.25, 0.3) is 0 Å². The van der Waals surface area contributed by atoms with Crippen molar-refractivity contribution in [2.75, 3.05) is 0 Å². The van der Waals surface area contributed by atoms with Crippen molar-refractivity contribution in [1.29, 1.82) is 0 Å². The Labute approximate surface area is 315 Å². The van der Waals surface area contributed by atoms with E-state index in [0.29, 0.717) is 5.82 Å². The van der Waals surface area contributed by atoms with Crippen LogP contribution in [0.15, 0.2) is 138 Å². The van der Waals surface area contributed by atoms with E-state index in [4.69, 9.17) is 14.4 Å². The van der Waals surface area contributed by atoms with E-state index in [1.807, 2.05) is 0 Å². The van der Waals surface area contributed by atoms with Gasteiger partial charge in [0.15, 0.2) is 5.82 Å². The molecule has 0 unspecified atom stereocenters. The van der Waals surface area contributed by atoms with Crippen LogP contribution < -0.4 is 0 Å². The van der Waals surface area contributed by atoms with Crippen molar-refractivity contribution in [2.24, 2.45) is 0 Å². The van der Waals surface area contributed by atoms with Gasteiger partial charge in [-0.2, -0.15) is 0 Å². The molecule has 0 bridgehead atoms. The molecule has 0 N–H and O–H groups in total. The maximum atomic E-state index is 6.89. The first-order valence-corrected chi connectivity index (χ1v) is 19.6. The Hall–Kier alpha value is -6.36. The fraction of sp³-hybridized carbons (Fsp3) is 0.0800. The number of hydrogen-bond donors (Lipinski definition) is 0. The molecule has 4 heteroatoms. The minimum absolute atomic E-state index is 0.684. The molecule has 3 aromatic heterocycles. The quantitative estimate of drug-likeness (QED) is 0.183. The van der Waals surface area contributed by atoms with Crippen molar-refractivity contribution in [3.8, 4) is 22.6 Å². The zero-order chi connectivity index (χ0) is 35.3. The summed E-state index contributed by atoms with van der Waals surface area (Å²) in [4.78, 5) is 10.9. The van der Waals surface area contributed by atoms with Crippen LogP contribution in [0.25, 0.3) is 104 Å². The number of hydrogen-bond acceptors (Lipinski definition) is 4. The van der Waals surface area contributed by atoms with E-state index in [2.05, 4.69) is 146 Å². The van der Waals surface area contributed by atoms with E-state index < -0.39 is 0 Å². The van der Waals surface area contributed by atoms with Gasteiger partial charge < -0.3 is 4.42 Å². The molecule has 0 atom stereocenters. The van der Waals surface area contributed by atoms with Crippen LogP contribution in [-0.2, 0) is 12.8 Å². The van der Waals surface area contributed by atoms with Gasteiger partial charge in [0.05, 0.1) is 21.5 Å². The number of aromatic nitrogens is 2. The topological polar surface area (TPSA) is 38.9 Å². The average molecular weight is 709 g/mol. The minimum atomic E-state index is 0.684. The summed E-state index contributed by atoms with van der Waals surface area (Å²) < 4.78 is 9.20. The summed E-state index contributed by atoms with van der Waals surface area (Å²) in [6, 6.07) is 45.7. The van der Waals surface area contributed by atoms with Crippen molar-refractivity contribution in [3.05, 3.63) is 161 Å². The van der Waals surface area contributed by atoms with E-state index in [1.54, 1.807) is 11.3 Å². The van der Waals surface area contributed by atoms with E-state index in [9.17, 15) is 0 Å². The molecule has 0 saturated carbocycles. The second-order valence-electron chi connectivity index (χ2n) is 14.7. The average Bonchev–Trinajstić information content (AvgIpc) is 3.80. The highest BCUT2D eigenvalue weighted by Gasteiger charge is 2.25. The lowest BCUT2D eigenvalue weighted by Gasteiger charge is -2.26. The predicted molar refractivity (Wildman–Crippen MR) is 228 cm³/mol. The van der Waals surface area contributed by atoms with Crippen molar-refractivity contribution in [3.63, 3.8) is 0 Å². The fourth-order valence-electron chi connectivity index (χ4n) is 9.11.